The van der Waals surface area contributed by atoms with E-state index in [1.54, 1.807) is 12.3 Å². The van der Waals surface area contributed by atoms with Crippen LogP contribution in [0, 0.1) is 0 Å². The summed E-state index contributed by atoms with van der Waals surface area (Å²) in [5, 5.41) is 11.8. The molecule has 9 heteroatoms. The fraction of sp³-hybridized carbons (Fsp3) is 0.292. The maximum atomic E-state index is 12.8. The van der Waals surface area contributed by atoms with Gasteiger partial charge in [0.15, 0.2) is 11.5 Å². The first kappa shape index (κ1) is 21.2. The van der Waals surface area contributed by atoms with E-state index in [1.165, 1.54) is 0 Å². The molecule has 1 unspecified atom stereocenters. The molecule has 5 heterocycles. The molecule has 1 fully saturated rings. The van der Waals surface area contributed by atoms with E-state index in [4.69, 9.17) is 0 Å². The second-order valence-corrected chi connectivity index (χ2v) is 8.26. The predicted molar refractivity (Wildman–Crippen MR) is 123 cm³/mol. The first-order valence-corrected chi connectivity index (χ1v) is 11.0. The topological polar surface area (TPSA) is 91.5 Å². The Kier molecular flexibility index (Phi) is 6.05. The van der Waals surface area contributed by atoms with Crippen molar-refractivity contribution in [1.82, 2.24) is 39.7 Å². The molecule has 1 aliphatic heterocycles. The van der Waals surface area contributed by atoms with Crippen LogP contribution >= 0.6 is 0 Å². The van der Waals surface area contributed by atoms with E-state index >= 15 is 0 Å². The van der Waals surface area contributed by atoms with Crippen molar-refractivity contribution in [3.8, 4) is 0 Å². The Balaban J connectivity index is 1.34. The number of carbonyl (C=O) groups excluding carboxylic acids is 1. The van der Waals surface area contributed by atoms with Crippen LogP contribution < -0.4 is 5.32 Å². The number of aromatic nitrogens is 5. The van der Waals surface area contributed by atoms with Crippen LogP contribution in [0.5, 0.6) is 0 Å². The molecule has 0 bridgehead atoms. The maximum Gasteiger partial charge on any atom is 0.253 e. The Morgan fingerprint density at radius 2 is 1.79 bits per heavy atom. The first-order valence-electron chi connectivity index (χ1n) is 11.0. The van der Waals surface area contributed by atoms with Crippen molar-refractivity contribution in [2.24, 2.45) is 0 Å². The SMILES string of the molecule is CN1CCN(Cc2ccccn2)CC1c1nnc2ccc(C(=O)NCc3ccccn3)cn12. The Morgan fingerprint density at radius 3 is 2.55 bits per heavy atom. The van der Waals surface area contributed by atoms with Crippen molar-refractivity contribution in [3.05, 3.63) is 89.9 Å². The van der Waals surface area contributed by atoms with Gasteiger partial charge in [-0.3, -0.25) is 29.0 Å². The zero-order valence-corrected chi connectivity index (χ0v) is 18.5. The first-order chi connectivity index (χ1) is 16.2. The number of amides is 1. The lowest BCUT2D eigenvalue weighted by atomic mass is 10.1. The average molecular weight is 443 g/mol. The van der Waals surface area contributed by atoms with Gasteiger partial charge in [-0.2, -0.15) is 0 Å². The maximum absolute atomic E-state index is 12.8. The summed E-state index contributed by atoms with van der Waals surface area (Å²) in [6.07, 6.45) is 5.37. The lowest BCUT2D eigenvalue weighted by Gasteiger charge is -2.38. The third-order valence-electron chi connectivity index (χ3n) is 5.99. The molecule has 168 valence electrons. The van der Waals surface area contributed by atoms with E-state index in [-0.39, 0.29) is 11.9 Å². The summed E-state index contributed by atoms with van der Waals surface area (Å²) < 4.78 is 1.93. The zero-order valence-electron chi connectivity index (χ0n) is 18.5. The molecule has 0 aliphatic carbocycles. The molecule has 9 nitrogen and oxygen atoms in total. The molecule has 0 aromatic carbocycles. The van der Waals surface area contributed by atoms with E-state index < -0.39 is 0 Å². The fourth-order valence-corrected chi connectivity index (χ4v) is 4.12. The Hall–Kier alpha value is -3.69. The number of carbonyl (C=O) groups is 1. The summed E-state index contributed by atoms with van der Waals surface area (Å²) in [6.45, 7) is 3.85. The van der Waals surface area contributed by atoms with Gasteiger partial charge in [-0.25, -0.2) is 0 Å². The Bertz CT molecular complexity index is 1230. The zero-order chi connectivity index (χ0) is 22.6. The number of hydrogen-bond acceptors (Lipinski definition) is 7. The minimum Gasteiger partial charge on any atom is -0.346 e. The summed E-state index contributed by atoms with van der Waals surface area (Å²) >= 11 is 0. The van der Waals surface area contributed by atoms with Crippen molar-refractivity contribution in [1.29, 1.82) is 0 Å². The van der Waals surface area contributed by atoms with Gasteiger partial charge >= 0.3 is 0 Å². The van der Waals surface area contributed by atoms with Crippen LogP contribution in [0.3, 0.4) is 0 Å². The van der Waals surface area contributed by atoms with Crippen molar-refractivity contribution in [3.63, 3.8) is 0 Å². The van der Waals surface area contributed by atoms with Gasteiger partial charge in [0.1, 0.15) is 0 Å². The highest BCUT2D eigenvalue weighted by atomic mass is 16.1. The molecule has 0 saturated carbocycles. The van der Waals surface area contributed by atoms with Crippen LogP contribution in [0.15, 0.2) is 67.1 Å². The minimum absolute atomic E-state index is 0.0595. The summed E-state index contributed by atoms with van der Waals surface area (Å²) in [7, 11) is 2.10. The highest BCUT2D eigenvalue weighted by Gasteiger charge is 2.29. The fourth-order valence-electron chi connectivity index (χ4n) is 4.12. The third kappa shape index (κ3) is 4.74. The van der Waals surface area contributed by atoms with Crippen LogP contribution in [-0.2, 0) is 13.1 Å². The lowest BCUT2D eigenvalue weighted by Crippen LogP contribution is -2.46. The smallest absolute Gasteiger partial charge is 0.253 e. The number of rotatable bonds is 6. The van der Waals surface area contributed by atoms with E-state index in [1.807, 2.05) is 53.2 Å². The van der Waals surface area contributed by atoms with Gasteiger partial charge in [-0.05, 0) is 43.4 Å². The normalized spacial score (nSPS) is 17.3. The summed E-state index contributed by atoms with van der Waals surface area (Å²) in [5.74, 6) is 0.675. The van der Waals surface area contributed by atoms with E-state index in [9.17, 15) is 4.79 Å². The van der Waals surface area contributed by atoms with Crippen LogP contribution in [0.25, 0.3) is 5.65 Å². The molecule has 0 radical (unpaired) electrons. The number of pyridine rings is 3. The quantitative estimate of drug-likeness (QED) is 0.488. The molecular formula is C24H26N8O. The van der Waals surface area contributed by atoms with Crippen molar-refractivity contribution >= 4 is 11.6 Å². The highest BCUT2D eigenvalue weighted by Crippen LogP contribution is 2.24. The van der Waals surface area contributed by atoms with Crippen molar-refractivity contribution in [2.75, 3.05) is 26.7 Å². The van der Waals surface area contributed by atoms with Gasteiger partial charge in [0, 0.05) is 44.8 Å². The lowest BCUT2D eigenvalue weighted by molar-refractivity contribution is 0.0844. The molecule has 5 rings (SSSR count). The second kappa shape index (κ2) is 9.43. The number of piperazine rings is 1. The van der Waals surface area contributed by atoms with E-state index in [0.717, 1.165) is 49.0 Å². The number of nitrogens with zero attached hydrogens (tertiary/aromatic N) is 7. The van der Waals surface area contributed by atoms with Crippen LogP contribution in [-0.4, -0.2) is 67.0 Å². The van der Waals surface area contributed by atoms with E-state index in [2.05, 4.69) is 48.4 Å². The molecule has 0 spiro atoms. The summed E-state index contributed by atoms with van der Waals surface area (Å²) in [4.78, 5) is 26.2. The molecule has 1 atom stereocenters. The van der Waals surface area contributed by atoms with Gasteiger partial charge in [-0.1, -0.05) is 12.1 Å². The highest BCUT2D eigenvalue weighted by molar-refractivity contribution is 5.94. The average Bonchev–Trinajstić information content (AvgIpc) is 3.28. The molecule has 1 N–H and O–H groups in total. The Labute approximate surface area is 192 Å². The largest absolute Gasteiger partial charge is 0.346 e. The number of hydrogen-bond donors (Lipinski definition) is 1. The molecule has 4 aromatic rings. The van der Waals surface area contributed by atoms with Gasteiger partial charge in [0.25, 0.3) is 5.91 Å². The van der Waals surface area contributed by atoms with Gasteiger partial charge < -0.3 is 5.32 Å². The number of likely N-dealkylation sites (N-methyl/N-ethyl adjacent to an activating group) is 1. The van der Waals surface area contributed by atoms with Gasteiger partial charge in [0.2, 0.25) is 0 Å². The Morgan fingerprint density at radius 1 is 1.00 bits per heavy atom. The molecule has 1 amide bonds. The minimum atomic E-state index is -0.156. The third-order valence-corrected chi connectivity index (χ3v) is 5.99. The van der Waals surface area contributed by atoms with Crippen LogP contribution in [0.1, 0.15) is 33.6 Å². The monoisotopic (exact) mass is 442 g/mol. The molecule has 33 heavy (non-hydrogen) atoms. The molecular weight excluding hydrogens is 416 g/mol. The molecule has 1 saturated heterocycles. The van der Waals surface area contributed by atoms with Gasteiger partial charge in [0.05, 0.1) is 29.5 Å². The standard InChI is InChI=1S/C24H26N8O/c1-30-12-13-31(16-20-7-3-5-11-26-20)17-21(30)23-29-28-22-9-8-18(15-32(22)23)24(33)27-14-19-6-2-4-10-25-19/h2-11,15,21H,12-14,16-17H2,1H3,(H,27,33). The van der Waals surface area contributed by atoms with Crippen LogP contribution in [0.2, 0.25) is 0 Å². The summed E-state index contributed by atoms with van der Waals surface area (Å²) in [6, 6.07) is 15.3. The van der Waals surface area contributed by atoms with Gasteiger partial charge in [-0.15, -0.1) is 10.2 Å². The molecule has 4 aromatic heterocycles. The van der Waals surface area contributed by atoms with Crippen LogP contribution in [0.4, 0.5) is 0 Å². The summed E-state index contributed by atoms with van der Waals surface area (Å²) in [5.41, 5.74) is 3.15. The predicted octanol–water partition coefficient (Wildman–Crippen LogP) is 1.94. The number of nitrogens with one attached hydrogen (secondary N) is 1. The second-order valence-electron chi connectivity index (χ2n) is 8.26. The van der Waals surface area contributed by atoms with Crippen molar-refractivity contribution in [2.45, 2.75) is 19.1 Å². The van der Waals surface area contributed by atoms with Crippen molar-refractivity contribution < 1.29 is 4.79 Å². The molecule has 1 aliphatic rings. The number of fused-ring (bicyclic) bond motifs is 1. The van der Waals surface area contributed by atoms with E-state index in [0.29, 0.717) is 12.1 Å².